The van der Waals surface area contributed by atoms with Gasteiger partial charge in [0.25, 0.3) is 0 Å². The highest BCUT2D eigenvalue weighted by molar-refractivity contribution is 6.02. The largest absolute Gasteiger partial charge is 0.497 e. The predicted octanol–water partition coefficient (Wildman–Crippen LogP) is 1.18. The molecule has 1 saturated heterocycles. The quantitative estimate of drug-likeness (QED) is 0.369. The van der Waals surface area contributed by atoms with Gasteiger partial charge in [-0.3, -0.25) is 0 Å². The molecule has 3 N–H and O–H groups in total. The van der Waals surface area contributed by atoms with Gasteiger partial charge in [-0.25, -0.2) is 0 Å². The number of amidine groups is 1. The number of hydrogen-bond acceptors (Lipinski definition) is 5. The summed E-state index contributed by atoms with van der Waals surface area (Å²) in [6.07, 6.45) is 1.20. The average Bonchev–Trinajstić information content (AvgIpc) is 2.90. The van der Waals surface area contributed by atoms with Crippen LogP contribution in [0.3, 0.4) is 0 Å². The molecule has 0 aliphatic carbocycles. The van der Waals surface area contributed by atoms with Gasteiger partial charge in [-0.2, -0.15) is 0 Å². The first-order valence-corrected chi connectivity index (χ1v) is 7.10. The summed E-state index contributed by atoms with van der Waals surface area (Å²) in [4.78, 5) is 4.49. The van der Waals surface area contributed by atoms with E-state index >= 15 is 0 Å². The fourth-order valence-electron chi connectivity index (χ4n) is 2.89. The van der Waals surface area contributed by atoms with E-state index in [4.69, 9.17) is 15.7 Å². The minimum atomic E-state index is 0.114. The van der Waals surface area contributed by atoms with E-state index in [-0.39, 0.29) is 5.84 Å². The highest BCUT2D eigenvalue weighted by atomic mass is 16.5. The van der Waals surface area contributed by atoms with E-state index in [0.717, 1.165) is 31.1 Å². The molecule has 116 valence electrons. The average molecular weight is 292 g/mol. The van der Waals surface area contributed by atoms with Crippen molar-refractivity contribution < 1.29 is 9.94 Å². The van der Waals surface area contributed by atoms with Crippen LogP contribution in [0, 0.1) is 5.92 Å². The van der Waals surface area contributed by atoms with E-state index in [2.05, 4.69) is 22.0 Å². The number of nitrogens with zero attached hydrogens (tertiary/aromatic N) is 3. The summed E-state index contributed by atoms with van der Waals surface area (Å²) in [5, 5.41) is 12.1. The number of rotatable bonds is 5. The topological polar surface area (TPSA) is 74.3 Å². The minimum Gasteiger partial charge on any atom is -0.497 e. The summed E-state index contributed by atoms with van der Waals surface area (Å²) in [6, 6.07) is 5.56. The van der Waals surface area contributed by atoms with Gasteiger partial charge in [-0.1, -0.05) is 5.16 Å². The third-order valence-electron chi connectivity index (χ3n) is 4.02. The molecule has 0 amide bonds. The molecule has 0 spiro atoms. The molecule has 1 aromatic carbocycles. The number of benzene rings is 1. The van der Waals surface area contributed by atoms with Gasteiger partial charge in [0.15, 0.2) is 5.84 Å². The Bertz CT molecular complexity index is 518. The number of anilines is 1. The van der Waals surface area contributed by atoms with Crippen LogP contribution in [0.25, 0.3) is 0 Å². The standard InChI is InChI=1S/C15H24N4O2/c1-18-7-6-11(9-18)10-19(2)14-8-12(21-3)4-5-13(14)15(16)17-20/h4-5,8,11,20H,6-7,9-10H2,1-3H3,(H2,16,17). The van der Waals surface area contributed by atoms with Gasteiger partial charge >= 0.3 is 0 Å². The van der Waals surface area contributed by atoms with Crippen LogP contribution in [0.1, 0.15) is 12.0 Å². The molecule has 0 saturated carbocycles. The number of methoxy groups -OCH3 is 1. The maximum Gasteiger partial charge on any atom is 0.172 e. The molecule has 2 rings (SSSR count). The molecule has 1 aliphatic heterocycles. The molecule has 0 bridgehead atoms. The highest BCUT2D eigenvalue weighted by Crippen LogP contribution is 2.27. The zero-order chi connectivity index (χ0) is 15.4. The van der Waals surface area contributed by atoms with Crippen LogP contribution in [-0.4, -0.2) is 56.8 Å². The third kappa shape index (κ3) is 3.58. The fraction of sp³-hybridized carbons (Fsp3) is 0.533. The van der Waals surface area contributed by atoms with Crippen LogP contribution in [0.2, 0.25) is 0 Å². The molecule has 1 atom stereocenters. The van der Waals surface area contributed by atoms with Crippen molar-refractivity contribution in [2.24, 2.45) is 16.8 Å². The van der Waals surface area contributed by atoms with E-state index in [9.17, 15) is 0 Å². The van der Waals surface area contributed by atoms with Crippen molar-refractivity contribution in [1.82, 2.24) is 4.90 Å². The molecule has 0 radical (unpaired) electrons. The number of hydrogen-bond donors (Lipinski definition) is 2. The Morgan fingerprint density at radius 2 is 2.33 bits per heavy atom. The number of oxime groups is 1. The first-order chi connectivity index (χ1) is 10.0. The molecule has 21 heavy (non-hydrogen) atoms. The van der Waals surface area contributed by atoms with Gasteiger partial charge in [0, 0.05) is 31.8 Å². The molecule has 1 aliphatic rings. The molecular formula is C15H24N4O2. The van der Waals surface area contributed by atoms with E-state index in [0.29, 0.717) is 11.5 Å². The second-order valence-electron chi connectivity index (χ2n) is 5.67. The maximum absolute atomic E-state index is 8.95. The number of ether oxygens (including phenoxy) is 1. The molecule has 1 aromatic rings. The summed E-state index contributed by atoms with van der Waals surface area (Å²) in [5.41, 5.74) is 7.41. The van der Waals surface area contributed by atoms with Crippen molar-refractivity contribution >= 4 is 11.5 Å². The molecule has 6 heteroatoms. The van der Waals surface area contributed by atoms with E-state index < -0.39 is 0 Å². The van der Waals surface area contributed by atoms with Gasteiger partial charge < -0.3 is 25.5 Å². The summed E-state index contributed by atoms with van der Waals surface area (Å²) in [7, 11) is 5.81. The Balaban J connectivity index is 2.22. The monoisotopic (exact) mass is 292 g/mol. The lowest BCUT2D eigenvalue weighted by Crippen LogP contribution is -2.29. The molecule has 1 unspecified atom stereocenters. The Hall–Kier alpha value is -1.95. The van der Waals surface area contributed by atoms with Crippen molar-refractivity contribution in [2.75, 3.05) is 45.7 Å². The normalized spacial score (nSPS) is 19.8. The second-order valence-corrected chi connectivity index (χ2v) is 5.67. The van der Waals surface area contributed by atoms with Gasteiger partial charge in [-0.05, 0) is 38.1 Å². The highest BCUT2D eigenvalue weighted by Gasteiger charge is 2.22. The zero-order valence-corrected chi connectivity index (χ0v) is 12.9. The maximum atomic E-state index is 8.95. The van der Waals surface area contributed by atoms with Crippen molar-refractivity contribution in [2.45, 2.75) is 6.42 Å². The Kier molecular flexibility index (Phi) is 4.90. The lowest BCUT2D eigenvalue weighted by Gasteiger charge is -2.25. The molecular weight excluding hydrogens is 268 g/mol. The number of nitrogens with two attached hydrogens (primary N) is 1. The Labute approximate surface area is 125 Å². The fourth-order valence-corrected chi connectivity index (χ4v) is 2.89. The van der Waals surface area contributed by atoms with Crippen molar-refractivity contribution in [3.8, 4) is 5.75 Å². The van der Waals surface area contributed by atoms with Crippen LogP contribution in [0.4, 0.5) is 5.69 Å². The van der Waals surface area contributed by atoms with Gasteiger partial charge in [0.1, 0.15) is 5.75 Å². The van der Waals surface area contributed by atoms with Gasteiger partial charge in [0.2, 0.25) is 0 Å². The van der Waals surface area contributed by atoms with E-state index in [1.165, 1.54) is 6.42 Å². The smallest absolute Gasteiger partial charge is 0.172 e. The van der Waals surface area contributed by atoms with Crippen LogP contribution in [0.15, 0.2) is 23.4 Å². The molecule has 6 nitrogen and oxygen atoms in total. The molecule has 1 fully saturated rings. The Morgan fingerprint density at radius 3 is 2.90 bits per heavy atom. The van der Waals surface area contributed by atoms with Gasteiger partial charge in [-0.15, -0.1) is 0 Å². The van der Waals surface area contributed by atoms with Crippen molar-refractivity contribution in [3.63, 3.8) is 0 Å². The van der Waals surface area contributed by atoms with Crippen molar-refractivity contribution in [1.29, 1.82) is 0 Å². The van der Waals surface area contributed by atoms with Gasteiger partial charge in [0.05, 0.1) is 12.8 Å². The number of likely N-dealkylation sites (tertiary alicyclic amines) is 1. The predicted molar refractivity (Wildman–Crippen MR) is 84.4 cm³/mol. The SMILES string of the molecule is COc1ccc(/C(N)=N/O)c(N(C)CC2CCN(C)C2)c1. The first kappa shape index (κ1) is 15.4. The summed E-state index contributed by atoms with van der Waals surface area (Å²) in [6.45, 7) is 3.18. The van der Waals surface area contributed by atoms with E-state index in [1.54, 1.807) is 7.11 Å². The lowest BCUT2D eigenvalue weighted by molar-refractivity contribution is 0.318. The van der Waals surface area contributed by atoms with Crippen LogP contribution in [0.5, 0.6) is 5.75 Å². The summed E-state index contributed by atoms with van der Waals surface area (Å²) < 4.78 is 5.28. The first-order valence-electron chi connectivity index (χ1n) is 7.10. The van der Waals surface area contributed by atoms with E-state index in [1.807, 2.05) is 25.2 Å². The second kappa shape index (κ2) is 6.67. The lowest BCUT2D eigenvalue weighted by atomic mass is 10.1. The zero-order valence-electron chi connectivity index (χ0n) is 12.9. The summed E-state index contributed by atoms with van der Waals surface area (Å²) in [5.74, 6) is 1.50. The summed E-state index contributed by atoms with van der Waals surface area (Å²) >= 11 is 0. The third-order valence-corrected chi connectivity index (χ3v) is 4.02. The van der Waals surface area contributed by atoms with Crippen molar-refractivity contribution in [3.05, 3.63) is 23.8 Å². The van der Waals surface area contributed by atoms with Crippen LogP contribution < -0.4 is 15.4 Å². The van der Waals surface area contributed by atoms with Crippen LogP contribution >= 0.6 is 0 Å². The molecule has 0 aromatic heterocycles. The minimum absolute atomic E-state index is 0.114. The Morgan fingerprint density at radius 1 is 1.57 bits per heavy atom. The van der Waals surface area contributed by atoms with Crippen LogP contribution in [-0.2, 0) is 0 Å². The molecule has 1 heterocycles.